The summed E-state index contributed by atoms with van der Waals surface area (Å²) in [5.74, 6) is 0.978. The topological polar surface area (TPSA) is 52.8 Å². The summed E-state index contributed by atoms with van der Waals surface area (Å²) in [6.07, 6.45) is 7.87. The third-order valence-electron chi connectivity index (χ3n) is 2.96. The Balaban J connectivity index is 2.04. The Kier molecular flexibility index (Phi) is 3.21. The number of aryl methyl sites for hydroxylation is 1. The minimum Gasteiger partial charge on any atom is -0.498 e. The van der Waals surface area contributed by atoms with Crippen LogP contribution in [0.5, 0.6) is 0 Å². The average Bonchev–Trinajstić information content (AvgIpc) is 2.82. The number of allylic oxidation sites excluding steroid dienone is 1. The molecule has 6 heteroatoms. The summed E-state index contributed by atoms with van der Waals surface area (Å²) in [7, 11) is 0. The first-order chi connectivity index (χ1) is 9.28. The Morgan fingerprint density at radius 2 is 2.26 bits per heavy atom. The molecule has 19 heavy (non-hydrogen) atoms. The maximum absolute atomic E-state index is 5.88. The number of fused-ring (bicyclic) bond motifs is 1. The first-order valence-corrected chi connectivity index (χ1v) is 6.53. The lowest BCUT2D eigenvalue weighted by molar-refractivity contribution is 0.215. The number of halogens is 1. The Labute approximate surface area is 115 Å². The molecule has 0 fully saturated rings. The lowest BCUT2D eigenvalue weighted by atomic mass is 10.1. The molecule has 0 radical (unpaired) electrons. The second kappa shape index (κ2) is 5.01. The van der Waals surface area contributed by atoms with Crippen LogP contribution in [-0.4, -0.2) is 26.4 Å². The molecule has 0 amide bonds. The summed E-state index contributed by atoms with van der Waals surface area (Å²) >= 11 is 5.88. The smallest absolute Gasteiger partial charge is 0.148 e. The van der Waals surface area contributed by atoms with Gasteiger partial charge in [0.15, 0.2) is 0 Å². The zero-order valence-corrected chi connectivity index (χ0v) is 11.3. The molecular formula is C13H13ClN4O. The number of nitrogens with zero attached hydrogens (tertiary/aromatic N) is 4. The Bertz CT molecular complexity index is 635. The van der Waals surface area contributed by atoms with Gasteiger partial charge >= 0.3 is 0 Å². The van der Waals surface area contributed by atoms with Gasteiger partial charge in [0.05, 0.1) is 42.3 Å². The molecule has 3 rings (SSSR count). The van der Waals surface area contributed by atoms with E-state index >= 15 is 0 Å². The third kappa shape index (κ3) is 2.33. The maximum atomic E-state index is 5.88. The van der Waals surface area contributed by atoms with Gasteiger partial charge in [-0.3, -0.25) is 9.67 Å². The van der Waals surface area contributed by atoms with Crippen LogP contribution in [0.15, 0.2) is 24.3 Å². The number of rotatable bonds is 3. The molecule has 1 aliphatic heterocycles. The average molecular weight is 277 g/mol. The van der Waals surface area contributed by atoms with Crippen molar-refractivity contribution in [3.05, 3.63) is 35.2 Å². The molecule has 1 aliphatic rings. The van der Waals surface area contributed by atoms with E-state index in [1.807, 2.05) is 17.7 Å². The third-order valence-corrected chi connectivity index (χ3v) is 3.14. The van der Waals surface area contributed by atoms with Crippen LogP contribution in [0, 0.1) is 0 Å². The summed E-state index contributed by atoms with van der Waals surface area (Å²) in [5, 5.41) is 4.74. The first-order valence-electron chi connectivity index (χ1n) is 6.15. The van der Waals surface area contributed by atoms with Crippen LogP contribution in [0.4, 0.5) is 0 Å². The Hall–Kier alpha value is -1.88. The van der Waals surface area contributed by atoms with Gasteiger partial charge in [-0.15, -0.1) is 0 Å². The van der Waals surface area contributed by atoms with E-state index in [0.29, 0.717) is 11.8 Å². The minimum absolute atomic E-state index is 0.377. The maximum Gasteiger partial charge on any atom is 0.148 e. The van der Waals surface area contributed by atoms with Crippen molar-refractivity contribution in [3.63, 3.8) is 0 Å². The van der Waals surface area contributed by atoms with Crippen LogP contribution in [0.2, 0.25) is 5.15 Å². The molecule has 3 heterocycles. The van der Waals surface area contributed by atoms with E-state index in [9.17, 15) is 0 Å². The zero-order valence-electron chi connectivity index (χ0n) is 10.5. The molecule has 0 spiro atoms. The van der Waals surface area contributed by atoms with Crippen LogP contribution in [0.1, 0.15) is 19.0 Å². The van der Waals surface area contributed by atoms with Gasteiger partial charge in [-0.2, -0.15) is 5.10 Å². The Morgan fingerprint density at radius 3 is 3.05 bits per heavy atom. The summed E-state index contributed by atoms with van der Waals surface area (Å²) in [6, 6.07) is 0. The van der Waals surface area contributed by atoms with Crippen LogP contribution in [0.25, 0.3) is 17.3 Å². The molecule has 0 aliphatic carbocycles. The van der Waals surface area contributed by atoms with Crippen molar-refractivity contribution in [1.82, 2.24) is 19.7 Å². The standard InChI is InChI=1S/C13H13ClN4O/c1-2-19-9-3-4-18-12(5-9)10(6-16-18)11-7-15-8-13(14)17-11/h5-8H,2-4H2,1H3. The molecule has 0 saturated heterocycles. The van der Waals surface area contributed by atoms with E-state index in [2.05, 4.69) is 15.1 Å². The molecule has 0 unspecified atom stereocenters. The molecule has 2 aromatic heterocycles. The molecular weight excluding hydrogens is 264 g/mol. The number of hydrogen-bond acceptors (Lipinski definition) is 4. The van der Waals surface area contributed by atoms with Gasteiger partial charge in [-0.05, 0) is 6.92 Å². The number of hydrogen-bond donors (Lipinski definition) is 0. The lowest BCUT2D eigenvalue weighted by Crippen LogP contribution is -2.10. The fraction of sp³-hybridized carbons (Fsp3) is 0.308. The monoisotopic (exact) mass is 276 g/mol. The molecule has 0 bridgehead atoms. The predicted molar refractivity (Wildman–Crippen MR) is 72.5 cm³/mol. The van der Waals surface area contributed by atoms with E-state index in [0.717, 1.165) is 35.7 Å². The van der Waals surface area contributed by atoms with E-state index in [4.69, 9.17) is 16.3 Å². The highest BCUT2D eigenvalue weighted by Gasteiger charge is 2.17. The zero-order chi connectivity index (χ0) is 13.2. The van der Waals surface area contributed by atoms with Gasteiger partial charge in [0.25, 0.3) is 0 Å². The van der Waals surface area contributed by atoms with Crippen LogP contribution in [-0.2, 0) is 11.3 Å². The quantitative estimate of drug-likeness (QED) is 0.865. The number of ether oxygens (including phenoxy) is 1. The molecule has 98 valence electrons. The SMILES string of the molecule is CCOC1=Cc2c(-c3cncc(Cl)n3)cnn2CC1. The fourth-order valence-corrected chi connectivity index (χ4v) is 2.28. The van der Waals surface area contributed by atoms with Crippen molar-refractivity contribution in [1.29, 1.82) is 0 Å². The van der Waals surface area contributed by atoms with Crippen molar-refractivity contribution in [2.75, 3.05) is 6.61 Å². The molecule has 0 saturated carbocycles. The van der Waals surface area contributed by atoms with Gasteiger partial charge in [0.2, 0.25) is 0 Å². The summed E-state index contributed by atoms with van der Waals surface area (Å²) < 4.78 is 7.53. The van der Waals surface area contributed by atoms with Gasteiger partial charge in [0, 0.05) is 24.6 Å². The van der Waals surface area contributed by atoms with Gasteiger partial charge in [0.1, 0.15) is 5.15 Å². The molecule has 5 nitrogen and oxygen atoms in total. The lowest BCUT2D eigenvalue weighted by Gasteiger charge is -2.16. The highest BCUT2D eigenvalue weighted by atomic mass is 35.5. The van der Waals surface area contributed by atoms with E-state index in [1.165, 1.54) is 6.20 Å². The molecule has 2 aromatic rings. The highest BCUT2D eigenvalue weighted by Crippen LogP contribution is 2.28. The van der Waals surface area contributed by atoms with Crippen molar-refractivity contribution in [3.8, 4) is 11.3 Å². The van der Waals surface area contributed by atoms with E-state index < -0.39 is 0 Å². The summed E-state index contributed by atoms with van der Waals surface area (Å²) in [5.41, 5.74) is 2.64. The highest BCUT2D eigenvalue weighted by molar-refractivity contribution is 6.29. The van der Waals surface area contributed by atoms with Gasteiger partial charge < -0.3 is 4.74 Å². The fourth-order valence-electron chi connectivity index (χ4n) is 2.13. The van der Waals surface area contributed by atoms with Crippen molar-refractivity contribution < 1.29 is 4.74 Å². The van der Waals surface area contributed by atoms with Gasteiger partial charge in [-0.25, -0.2) is 4.98 Å². The Morgan fingerprint density at radius 1 is 1.37 bits per heavy atom. The van der Waals surface area contributed by atoms with Gasteiger partial charge in [-0.1, -0.05) is 11.6 Å². The van der Waals surface area contributed by atoms with E-state index in [1.54, 1.807) is 12.4 Å². The molecule has 0 aromatic carbocycles. The van der Waals surface area contributed by atoms with E-state index in [-0.39, 0.29) is 0 Å². The van der Waals surface area contributed by atoms with Crippen molar-refractivity contribution in [2.24, 2.45) is 0 Å². The predicted octanol–water partition coefficient (Wildman–Crippen LogP) is 2.77. The summed E-state index contributed by atoms with van der Waals surface area (Å²) in [6.45, 7) is 3.47. The second-order valence-electron chi connectivity index (χ2n) is 4.19. The largest absolute Gasteiger partial charge is 0.498 e. The normalized spacial score (nSPS) is 13.9. The van der Waals surface area contributed by atoms with Crippen molar-refractivity contribution in [2.45, 2.75) is 19.9 Å². The van der Waals surface area contributed by atoms with Crippen LogP contribution < -0.4 is 0 Å². The van der Waals surface area contributed by atoms with Crippen molar-refractivity contribution >= 4 is 17.7 Å². The first kappa shape index (κ1) is 12.2. The summed E-state index contributed by atoms with van der Waals surface area (Å²) in [4.78, 5) is 8.34. The molecule has 0 N–H and O–H groups in total. The van der Waals surface area contributed by atoms with Crippen LogP contribution in [0.3, 0.4) is 0 Å². The molecule has 0 atom stereocenters. The second-order valence-corrected chi connectivity index (χ2v) is 4.57. The van der Waals surface area contributed by atoms with Crippen LogP contribution >= 0.6 is 11.6 Å². The number of aromatic nitrogens is 4. The minimum atomic E-state index is 0.377.